The Labute approximate surface area is 155 Å². The normalized spacial score (nSPS) is 17.2. The van der Waals surface area contributed by atoms with Crippen molar-refractivity contribution in [3.63, 3.8) is 0 Å². The average Bonchev–Trinajstić information content (AvgIpc) is 3.38. The molecule has 4 rings (SSSR count). The minimum atomic E-state index is -0.0724. The second kappa shape index (κ2) is 7.70. The van der Waals surface area contributed by atoms with Gasteiger partial charge in [-0.15, -0.1) is 11.3 Å². The quantitative estimate of drug-likeness (QED) is 0.746. The SMILES string of the molecule is O=C(COc1ccccc1)N1CCCC[C@@H]1c1nc(-c2cccs2)n[nH]1. The second-order valence-electron chi connectivity index (χ2n) is 6.22. The number of nitrogens with one attached hydrogen (secondary N) is 1. The molecule has 2 aromatic heterocycles. The summed E-state index contributed by atoms with van der Waals surface area (Å²) in [4.78, 5) is 20.3. The molecule has 1 amide bonds. The van der Waals surface area contributed by atoms with E-state index in [4.69, 9.17) is 4.74 Å². The molecule has 1 aliphatic heterocycles. The van der Waals surface area contributed by atoms with E-state index in [1.54, 1.807) is 11.3 Å². The van der Waals surface area contributed by atoms with Crippen LogP contribution in [0, 0.1) is 0 Å². The van der Waals surface area contributed by atoms with Gasteiger partial charge in [-0.2, -0.15) is 5.10 Å². The maximum atomic E-state index is 12.7. The summed E-state index contributed by atoms with van der Waals surface area (Å²) in [7, 11) is 0. The molecule has 0 radical (unpaired) electrons. The number of hydrogen-bond acceptors (Lipinski definition) is 5. The van der Waals surface area contributed by atoms with E-state index in [1.807, 2.05) is 52.7 Å². The van der Waals surface area contributed by atoms with E-state index < -0.39 is 0 Å². The van der Waals surface area contributed by atoms with E-state index >= 15 is 0 Å². The summed E-state index contributed by atoms with van der Waals surface area (Å²) in [6.07, 6.45) is 2.96. The molecule has 1 N–H and O–H groups in total. The molecule has 1 aliphatic rings. The first-order valence-corrected chi connectivity index (χ1v) is 9.63. The molecule has 6 nitrogen and oxygen atoms in total. The van der Waals surface area contributed by atoms with Gasteiger partial charge < -0.3 is 9.64 Å². The molecule has 0 saturated carbocycles. The molecule has 3 aromatic rings. The zero-order chi connectivity index (χ0) is 17.8. The fourth-order valence-corrected chi connectivity index (χ4v) is 3.86. The fraction of sp³-hybridized carbons (Fsp3) is 0.316. The van der Waals surface area contributed by atoms with Crippen LogP contribution in [-0.4, -0.2) is 39.1 Å². The number of para-hydroxylation sites is 1. The van der Waals surface area contributed by atoms with Crippen molar-refractivity contribution in [1.29, 1.82) is 0 Å². The molecule has 0 unspecified atom stereocenters. The maximum absolute atomic E-state index is 12.7. The Bertz CT molecular complexity index is 848. The molecule has 3 heterocycles. The Morgan fingerprint density at radius 1 is 1.23 bits per heavy atom. The lowest BCUT2D eigenvalue weighted by molar-refractivity contribution is -0.137. The number of carbonyl (C=O) groups is 1. The Morgan fingerprint density at radius 2 is 2.12 bits per heavy atom. The van der Waals surface area contributed by atoms with Crippen molar-refractivity contribution in [2.24, 2.45) is 0 Å². The van der Waals surface area contributed by atoms with Crippen LogP contribution in [0.3, 0.4) is 0 Å². The summed E-state index contributed by atoms with van der Waals surface area (Å²) >= 11 is 1.60. The van der Waals surface area contributed by atoms with Crippen LogP contribution < -0.4 is 4.74 Å². The van der Waals surface area contributed by atoms with Gasteiger partial charge >= 0.3 is 0 Å². The molecular formula is C19H20N4O2S. The molecule has 1 fully saturated rings. The van der Waals surface area contributed by atoms with Crippen molar-refractivity contribution in [3.05, 3.63) is 53.7 Å². The Morgan fingerprint density at radius 3 is 2.92 bits per heavy atom. The summed E-state index contributed by atoms with van der Waals surface area (Å²) in [5.41, 5.74) is 0. The number of H-pyrrole nitrogens is 1. The number of amides is 1. The molecule has 26 heavy (non-hydrogen) atoms. The van der Waals surface area contributed by atoms with E-state index in [2.05, 4.69) is 15.2 Å². The molecule has 134 valence electrons. The van der Waals surface area contributed by atoms with E-state index in [0.717, 1.165) is 36.5 Å². The van der Waals surface area contributed by atoms with Crippen molar-refractivity contribution in [3.8, 4) is 16.5 Å². The summed E-state index contributed by atoms with van der Waals surface area (Å²) in [5.74, 6) is 2.12. The zero-order valence-corrected chi connectivity index (χ0v) is 15.1. The first-order chi connectivity index (χ1) is 12.8. The van der Waals surface area contributed by atoms with Gasteiger partial charge in [-0.3, -0.25) is 9.89 Å². The van der Waals surface area contributed by atoms with Crippen LogP contribution in [0.25, 0.3) is 10.7 Å². The third-order valence-electron chi connectivity index (χ3n) is 4.49. The smallest absolute Gasteiger partial charge is 0.261 e. The van der Waals surface area contributed by atoms with Crippen LogP contribution in [0.1, 0.15) is 31.1 Å². The molecule has 7 heteroatoms. The van der Waals surface area contributed by atoms with Crippen molar-refractivity contribution >= 4 is 17.2 Å². The first-order valence-electron chi connectivity index (χ1n) is 8.75. The van der Waals surface area contributed by atoms with Crippen LogP contribution in [0.15, 0.2) is 47.8 Å². The van der Waals surface area contributed by atoms with E-state index in [1.165, 1.54) is 0 Å². The minimum absolute atomic E-state index is 0.0207. The van der Waals surface area contributed by atoms with Crippen molar-refractivity contribution in [2.75, 3.05) is 13.2 Å². The summed E-state index contributed by atoms with van der Waals surface area (Å²) in [6, 6.07) is 13.3. The highest BCUT2D eigenvalue weighted by atomic mass is 32.1. The van der Waals surface area contributed by atoms with Gasteiger partial charge in [0.2, 0.25) is 0 Å². The number of piperidine rings is 1. The number of thiophene rings is 1. The number of benzene rings is 1. The second-order valence-corrected chi connectivity index (χ2v) is 7.17. The van der Waals surface area contributed by atoms with Gasteiger partial charge in [-0.05, 0) is 42.8 Å². The Kier molecular flexibility index (Phi) is 4.97. The summed E-state index contributed by atoms with van der Waals surface area (Å²) < 4.78 is 5.63. The van der Waals surface area contributed by atoms with Gasteiger partial charge in [0.1, 0.15) is 11.6 Å². The lowest BCUT2D eigenvalue weighted by Crippen LogP contribution is -2.41. The third kappa shape index (κ3) is 3.62. The van der Waals surface area contributed by atoms with Crippen LogP contribution in [0.2, 0.25) is 0 Å². The zero-order valence-electron chi connectivity index (χ0n) is 14.3. The molecule has 0 aliphatic carbocycles. The van der Waals surface area contributed by atoms with Crippen molar-refractivity contribution in [2.45, 2.75) is 25.3 Å². The average molecular weight is 368 g/mol. The summed E-state index contributed by atoms with van der Waals surface area (Å²) in [5, 5.41) is 9.36. The standard InChI is InChI=1S/C19H20N4O2S/c24-17(13-25-14-7-2-1-3-8-14)23-11-5-4-9-15(23)18-20-19(22-21-18)16-10-6-12-26-16/h1-3,6-8,10,12,15H,4-5,9,11,13H2,(H,20,21,22)/t15-/m1/s1. The lowest BCUT2D eigenvalue weighted by atomic mass is 10.0. The molecule has 0 bridgehead atoms. The lowest BCUT2D eigenvalue weighted by Gasteiger charge is -2.34. The topological polar surface area (TPSA) is 71.1 Å². The Hall–Kier alpha value is -2.67. The molecule has 1 saturated heterocycles. The molecular weight excluding hydrogens is 348 g/mol. The first kappa shape index (κ1) is 16.8. The van der Waals surface area contributed by atoms with E-state index in [0.29, 0.717) is 11.6 Å². The van der Waals surface area contributed by atoms with E-state index in [-0.39, 0.29) is 18.6 Å². The summed E-state index contributed by atoms with van der Waals surface area (Å²) in [6.45, 7) is 0.753. The molecule has 1 aromatic carbocycles. The highest BCUT2D eigenvalue weighted by Gasteiger charge is 2.30. The highest BCUT2D eigenvalue weighted by molar-refractivity contribution is 7.13. The number of ether oxygens (including phenoxy) is 1. The van der Waals surface area contributed by atoms with Gasteiger partial charge in [0, 0.05) is 6.54 Å². The number of aromatic nitrogens is 3. The molecule has 1 atom stereocenters. The minimum Gasteiger partial charge on any atom is -0.484 e. The number of likely N-dealkylation sites (tertiary alicyclic amines) is 1. The van der Waals surface area contributed by atoms with Crippen LogP contribution in [0.5, 0.6) is 5.75 Å². The van der Waals surface area contributed by atoms with Gasteiger partial charge in [0.15, 0.2) is 12.4 Å². The molecule has 0 spiro atoms. The predicted octanol–water partition coefficient (Wildman–Crippen LogP) is 3.67. The largest absolute Gasteiger partial charge is 0.484 e. The monoisotopic (exact) mass is 368 g/mol. The predicted molar refractivity (Wildman–Crippen MR) is 99.9 cm³/mol. The number of carbonyl (C=O) groups excluding carboxylic acids is 1. The third-order valence-corrected chi connectivity index (χ3v) is 5.35. The Balaban J connectivity index is 1.47. The van der Waals surface area contributed by atoms with E-state index in [9.17, 15) is 4.79 Å². The van der Waals surface area contributed by atoms with Crippen LogP contribution in [0.4, 0.5) is 0 Å². The van der Waals surface area contributed by atoms with Crippen molar-refractivity contribution < 1.29 is 9.53 Å². The maximum Gasteiger partial charge on any atom is 0.261 e. The number of hydrogen-bond donors (Lipinski definition) is 1. The number of aromatic amines is 1. The van der Waals surface area contributed by atoms with Gasteiger partial charge in [-0.1, -0.05) is 24.3 Å². The van der Waals surface area contributed by atoms with Crippen LogP contribution >= 0.6 is 11.3 Å². The van der Waals surface area contributed by atoms with Gasteiger partial charge in [-0.25, -0.2) is 4.98 Å². The van der Waals surface area contributed by atoms with Gasteiger partial charge in [0.05, 0.1) is 10.9 Å². The van der Waals surface area contributed by atoms with Crippen LogP contribution in [-0.2, 0) is 4.79 Å². The highest BCUT2D eigenvalue weighted by Crippen LogP contribution is 2.30. The van der Waals surface area contributed by atoms with Crippen molar-refractivity contribution in [1.82, 2.24) is 20.1 Å². The fourth-order valence-electron chi connectivity index (χ4n) is 3.20. The number of nitrogens with zero attached hydrogens (tertiary/aromatic N) is 3. The van der Waals surface area contributed by atoms with Gasteiger partial charge in [0.25, 0.3) is 5.91 Å². The number of rotatable bonds is 5.